The average molecular weight is 267 g/mol. The zero-order chi connectivity index (χ0) is 14.5. The van der Waals surface area contributed by atoms with Crippen LogP contribution in [0.5, 0.6) is 0 Å². The summed E-state index contributed by atoms with van der Waals surface area (Å²) in [4.78, 5) is 3.52. The highest BCUT2D eigenvalue weighted by Crippen LogP contribution is 2.23. The van der Waals surface area contributed by atoms with E-state index in [-0.39, 0.29) is 11.1 Å². The number of allylic oxidation sites excluding steroid dienone is 1. The molecule has 0 saturated heterocycles. The van der Waals surface area contributed by atoms with Gasteiger partial charge in [-0.3, -0.25) is 0 Å². The molecule has 0 amide bonds. The summed E-state index contributed by atoms with van der Waals surface area (Å²) in [5, 5.41) is 17.4. The SMILES string of the molecule is N#CC(C#N)=Cc1cc(-c2ccc(F)nc2)ccc1F. The fourth-order valence-corrected chi connectivity index (χ4v) is 1.63. The number of hydrogen-bond donors (Lipinski definition) is 0. The lowest BCUT2D eigenvalue weighted by molar-refractivity contribution is 0.584. The van der Waals surface area contributed by atoms with Gasteiger partial charge in [-0.25, -0.2) is 9.37 Å². The van der Waals surface area contributed by atoms with Gasteiger partial charge in [-0.05, 0) is 35.9 Å². The van der Waals surface area contributed by atoms with Crippen LogP contribution in [0.1, 0.15) is 5.56 Å². The van der Waals surface area contributed by atoms with E-state index in [0.717, 1.165) is 6.08 Å². The van der Waals surface area contributed by atoms with E-state index in [4.69, 9.17) is 10.5 Å². The molecule has 0 saturated carbocycles. The highest BCUT2D eigenvalue weighted by Gasteiger charge is 2.05. The van der Waals surface area contributed by atoms with Crippen LogP contribution in [0.15, 0.2) is 42.1 Å². The van der Waals surface area contributed by atoms with E-state index in [1.165, 1.54) is 36.5 Å². The molecule has 0 fully saturated rings. The number of pyridine rings is 1. The van der Waals surface area contributed by atoms with E-state index in [9.17, 15) is 8.78 Å². The second kappa shape index (κ2) is 5.73. The zero-order valence-electron chi connectivity index (χ0n) is 10.1. The molecule has 20 heavy (non-hydrogen) atoms. The second-order valence-corrected chi connectivity index (χ2v) is 3.89. The zero-order valence-corrected chi connectivity index (χ0v) is 10.1. The summed E-state index contributed by atoms with van der Waals surface area (Å²) in [7, 11) is 0. The van der Waals surface area contributed by atoms with Gasteiger partial charge < -0.3 is 0 Å². The van der Waals surface area contributed by atoms with Crippen LogP contribution >= 0.6 is 0 Å². The third-order valence-electron chi connectivity index (χ3n) is 2.60. The summed E-state index contributed by atoms with van der Waals surface area (Å²) >= 11 is 0. The fourth-order valence-electron chi connectivity index (χ4n) is 1.63. The van der Waals surface area contributed by atoms with E-state index in [1.807, 2.05) is 0 Å². The van der Waals surface area contributed by atoms with Crippen molar-refractivity contribution in [3.8, 4) is 23.3 Å². The Labute approximate surface area is 114 Å². The maximum Gasteiger partial charge on any atom is 0.212 e. The maximum atomic E-state index is 13.6. The quantitative estimate of drug-likeness (QED) is 0.618. The molecule has 96 valence electrons. The Hall–Kier alpha value is -3.05. The van der Waals surface area contributed by atoms with Gasteiger partial charge in [0.15, 0.2) is 0 Å². The van der Waals surface area contributed by atoms with Crippen LogP contribution in [0, 0.1) is 34.4 Å². The van der Waals surface area contributed by atoms with Crippen LogP contribution in [0.2, 0.25) is 0 Å². The fraction of sp³-hybridized carbons (Fsp3) is 0. The van der Waals surface area contributed by atoms with Gasteiger partial charge in [-0.1, -0.05) is 6.07 Å². The minimum atomic E-state index is -0.604. The first-order valence-electron chi connectivity index (χ1n) is 5.57. The van der Waals surface area contributed by atoms with Crippen molar-refractivity contribution in [2.24, 2.45) is 0 Å². The Morgan fingerprint density at radius 1 is 1.05 bits per heavy atom. The molecule has 0 aliphatic heterocycles. The summed E-state index contributed by atoms with van der Waals surface area (Å²) < 4.78 is 26.4. The first-order valence-corrected chi connectivity index (χ1v) is 5.57. The molecule has 5 heteroatoms. The number of hydrogen-bond acceptors (Lipinski definition) is 3. The molecule has 0 aliphatic carbocycles. The van der Waals surface area contributed by atoms with Gasteiger partial charge in [-0.2, -0.15) is 14.9 Å². The third kappa shape index (κ3) is 2.85. The van der Waals surface area contributed by atoms with Gasteiger partial charge in [-0.15, -0.1) is 0 Å². The Morgan fingerprint density at radius 3 is 2.35 bits per heavy atom. The van der Waals surface area contributed by atoms with Gasteiger partial charge in [0.05, 0.1) is 0 Å². The summed E-state index contributed by atoms with van der Waals surface area (Å²) in [6, 6.07) is 10.2. The van der Waals surface area contributed by atoms with Gasteiger partial charge in [0.25, 0.3) is 0 Å². The first-order chi connectivity index (χ1) is 9.63. The third-order valence-corrected chi connectivity index (χ3v) is 2.60. The number of aromatic nitrogens is 1. The van der Waals surface area contributed by atoms with Gasteiger partial charge in [0.1, 0.15) is 23.5 Å². The van der Waals surface area contributed by atoms with Crippen molar-refractivity contribution in [1.29, 1.82) is 10.5 Å². The molecule has 0 radical (unpaired) electrons. The van der Waals surface area contributed by atoms with Crippen molar-refractivity contribution in [3.05, 3.63) is 59.4 Å². The summed E-state index contributed by atoms with van der Waals surface area (Å²) in [5.41, 5.74) is 1.14. The molecule has 2 rings (SSSR count). The van der Waals surface area contributed by atoms with Gasteiger partial charge >= 0.3 is 0 Å². The Balaban J connectivity index is 2.49. The number of nitriles is 2. The predicted molar refractivity (Wildman–Crippen MR) is 68.8 cm³/mol. The van der Waals surface area contributed by atoms with Crippen molar-refractivity contribution in [2.45, 2.75) is 0 Å². The number of halogens is 2. The largest absolute Gasteiger partial charge is 0.228 e. The van der Waals surface area contributed by atoms with Crippen molar-refractivity contribution >= 4 is 6.08 Å². The first kappa shape index (κ1) is 13.4. The topological polar surface area (TPSA) is 60.5 Å². The highest BCUT2D eigenvalue weighted by molar-refractivity contribution is 5.70. The molecule has 1 aromatic carbocycles. The molecule has 1 aromatic heterocycles. The molecule has 0 unspecified atom stereocenters. The molecule has 3 nitrogen and oxygen atoms in total. The number of benzene rings is 1. The van der Waals surface area contributed by atoms with Crippen LogP contribution in [0.3, 0.4) is 0 Å². The minimum Gasteiger partial charge on any atom is -0.228 e. The van der Waals surface area contributed by atoms with Crippen molar-refractivity contribution in [1.82, 2.24) is 4.98 Å². The molecule has 2 aromatic rings. The van der Waals surface area contributed by atoms with Gasteiger partial charge in [0, 0.05) is 17.3 Å². The average Bonchev–Trinajstić information content (AvgIpc) is 2.47. The molecule has 0 spiro atoms. The number of rotatable bonds is 2. The Morgan fingerprint density at radius 2 is 1.75 bits per heavy atom. The monoisotopic (exact) mass is 267 g/mol. The smallest absolute Gasteiger partial charge is 0.212 e. The predicted octanol–water partition coefficient (Wildman–Crippen LogP) is 3.46. The Bertz CT molecular complexity index is 734. The molecular weight excluding hydrogens is 260 g/mol. The molecule has 0 N–H and O–H groups in total. The maximum absolute atomic E-state index is 13.6. The van der Waals surface area contributed by atoms with Crippen LogP contribution in [-0.2, 0) is 0 Å². The van der Waals surface area contributed by atoms with Crippen LogP contribution in [0.25, 0.3) is 17.2 Å². The molecule has 0 bridgehead atoms. The van der Waals surface area contributed by atoms with Crippen molar-refractivity contribution in [2.75, 3.05) is 0 Å². The van der Waals surface area contributed by atoms with E-state index in [2.05, 4.69) is 4.98 Å². The lowest BCUT2D eigenvalue weighted by Crippen LogP contribution is -1.88. The van der Waals surface area contributed by atoms with E-state index >= 15 is 0 Å². The summed E-state index contributed by atoms with van der Waals surface area (Å²) in [6.45, 7) is 0. The van der Waals surface area contributed by atoms with E-state index in [0.29, 0.717) is 11.1 Å². The van der Waals surface area contributed by atoms with E-state index in [1.54, 1.807) is 12.1 Å². The van der Waals surface area contributed by atoms with Crippen LogP contribution in [0.4, 0.5) is 8.78 Å². The molecule has 0 atom stereocenters. The standard InChI is InChI=1S/C15H7F2N3/c16-14-3-1-11(12-2-4-15(17)20-9-12)6-13(14)5-10(7-18)8-19/h1-6,9H. The van der Waals surface area contributed by atoms with Crippen molar-refractivity contribution < 1.29 is 8.78 Å². The Kier molecular flexibility index (Phi) is 3.83. The second-order valence-electron chi connectivity index (χ2n) is 3.89. The van der Waals surface area contributed by atoms with Crippen molar-refractivity contribution in [3.63, 3.8) is 0 Å². The van der Waals surface area contributed by atoms with Gasteiger partial charge in [0.2, 0.25) is 5.95 Å². The lowest BCUT2D eigenvalue weighted by Gasteiger charge is -2.04. The number of nitrogens with zero attached hydrogens (tertiary/aromatic N) is 3. The minimum absolute atomic E-state index is 0.116. The van der Waals surface area contributed by atoms with Crippen LogP contribution < -0.4 is 0 Å². The van der Waals surface area contributed by atoms with Crippen LogP contribution in [-0.4, -0.2) is 4.98 Å². The molecule has 0 aliphatic rings. The summed E-state index contributed by atoms with van der Waals surface area (Å²) in [5.74, 6) is -1.15. The van der Waals surface area contributed by atoms with E-state index < -0.39 is 11.8 Å². The molecule has 1 heterocycles. The highest BCUT2D eigenvalue weighted by atomic mass is 19.1. The summed E-state index contributed by atoms with van der Waals surface area (Å²) in [6.07, 6.45) is 2.49. The normalized spacial score (nSPS) is 9.40. The molecular formula is C15H7F2N3. The lowest BCUT2D eigenvalue weighted by atomic mass is 10.0.